The van der Waals surface area contributed by atoms with Crippen molar-refractivity contribution in [2.24, 2.45) is 0 Å². The third kappa shape index (κ3) is 1.95. The molecule has 15 heavy (non-hydrogen) atoms. The lowest BCUT2D eigenvalue weighted by molar-refractivity contribution is 0.621. The zero-order valence-corrected chi connectivity index (χ0v) is 11.3. The maximum Gasteiger partial charge on any atom is 0.0497 e. The maximum absolute atomic E-state index is 4.37. The zero-order valence-electron chi connectivity index (χ0n) is 8.87. The first-order chi connectivity index (χ1) is 7.13. The van der Waals surface area contributed by atoms with Crippen molar-refractivity contribution in [3.8, 4) is 0 Å². The molecule has 0 amide bonds. The number of aromatic nitrogens is 1. The molecule has 1 aromatic heterocycles. The van der Waals surface area contributed by atoms with Gasteiger partial charge in [0.1, 0.15) is 0 Å². The molecular weight excluding hydrogens is 270 g/mol. The molecule has 0 unspecified atom stereocenters. The van der Waals surface area contributed by atoms with E-state index in [1.54, 1.807) is 0 Å². The Hall–Kier alpha value is -0.410. The number of nitrogens with zero attached hydrogens (tertiary/aromatic N) is 1. The van der Waals surface area contributed by atoms with Crippen LogP contribution in [0.15, 0.2) is 28.9 Å². The van der Waals surface area contributed by atoms with Crippen LogP contribution in [0.4, 0.5) is 0 Å². The minimum Gasteiger partial charge on any atom is -0.345 e. The Morgan fingerprint density at radius 3 is 2.73 bits per heavy atom. The van der Waals surface area contributed by atoms with Crippen LogP contribution in [0.25, 0.3) is 10.9 Å². The molecule has 0 saturated heterocycles. The molecule has 0 aliphatic rings. The molecule has 1 nitrogen and oxygen atoms in total. The van der Waals surface area contributed by atoms with Gasteiger partial charge in [-0.25, -0.2) is 0 Å². The molecule has 80 valence electrons. The number of rotatable bonds is 2. The van der Waals surface area contributed by atoms with E-state index in [9.17, 15) is 0 Å². The average molecular weight is 284 g/mol. The van der Waals surface area contributed by atoms with Crippen LogP contribution in [0, 0.1) is 0 Å². The molecule has 0 atom stereocenters. The van der Waals surface area contributed by atoms with E-state index < -0.39 is 0 Å². The van der Waals surface area contributed by atoms with Gasteiger partial charge in [0.15, 0.2) is 0 Å². The van der Waals surface area contributed by atoms with Gasteiger partial charge in [-0.1, -0.05) is 22.0 Å². The molecule has 1 heterocycles. The second-order valence-corrected chi connectivity index (χ2v) is 5.21. The van der Waals surface area contributed by atoms with Crippen LogP contribution in [0.3, 0.4) is 0 Å². The van der Waals surface area contributed by atoms with Gasteiger partial charge in [0.05, 0.1) is 0 Å². The highest BCUT2D eigenvalue weighted by Gasteiger charge is 2.09. The van der Waals surface area contributed by atoms with Crippen LogP contribution < -0.4 is 0 Å². The summed E-state index contributed by atoms with van der Waals surface area (Å²) >= 11 is 7.88. The minimum atomic E-state index is 0.482. The summed E-state index contributed by atoms with van der Waals surface area (Å²) in [4.78, 5) is 0. The molecule has 0 aliphatic heterocycles. The van der Waals surface area contributed by atoms with Crippen LogP contribution >= 0.6 is 28.6 Å². The SMILES string of the molecule is CC(C)n1cc(CS)c2ccc(Br)cc21. The van der Waals surface area contributed by atoms with Crippen molar-refractivity contribution in [3.63, 3.8) is 0 Å². The Labute approximate surface area is 104 Å². The number of hydrogen-bond acceptors (Lipinski definition) is 1. The first-order valence-corrected chi connectivity index (χ1v) is 6.46. The quantitative estimate of drug-likeness (QED) is 0.779. The van der Waals surface area contributed by atoms with Gasteiger partial charge in [-0.15, -0.1) is 0 Å². The standard InChI is InChI=1S/C12H14BrNS/c1-8(2)14-6-9(7-15)11-4-3-10(13)5-12(11)14/h3-6,8,15H,7H2,1-2H3. The van der Waals surface area contributed by atoms with E-state index in [1.165, 1.54) is 16.5 Å². The highest BCUT2D eigenvalue weighted by atomic mass is 79.9. The fourth-order valence-electron chi connectivity index (χ4n) is 1.85. The molecule has 0 aliphatic carbocycles. The summed E-state index contributed by atoms with van der Waals surface area (Å²) in [6, 6.07) is 6.89. The lowest BCUT2D eigenvalue weighted by Crippen LogP contribution is -1.97. The Morgan fingerprint density at radius 1 is 1.40 bits per heavy atom. The topological polar surface area (TPSA) is 4.93 Å². The molecule has 1 aromatic carbocycles. The molecule has 0 spiro atoms. The van der Waals surface area contributed by atoms with Crippen LogP contribution in [0.2, 0.25) is 0 Å². The second kappa shape index (κ2) is 4.22. The molecule has 0 saturated carbocycles. The fourth-order valence-corrected chi connectivity index (χ4v) is 2.45. The van der Waals surface area contributed by atoms with Gasteiger partial charge < -0.3 is 4.57 Å². The van der Waals surface area contributed by atoms with E-state index >= 15 is 0 Å². The van der Waals surface area contributed by atoms with E-state index in [2.05, 4.69) is 71.4 Å². The summed E-state index contributed by atoms with van der Waals surface area (Å²) in [7, 11) is 0. The van der Waals surface area contributed by atoms with Gasteiger partial charge in [-0.3, -0.25) is 0 Å². The Bertz CT molecular complexity index is 488. The van der Waals surface area contributed by atoms with Crippen LogP contribution in [-0.4, -0.2) is 4.57 Å². The fraction of sp³-hybridized carbons (Fsp3) is 0.333. The number of hydrogen-bond donors (Lipinski definition) is 1. The monoisotopic (exact) mass is 283 g/mol. The van der Waals surface area contributed by atoms with Crippen LogP contribution in [-0.2, 0) is 5.75 Å². The van der Waals surface area contributed by atoms with E-state index in [-0.39, 0.29) is 0 Å². The molecule has 3 heteroatoms. The third-order valence-electron chi connectivity index (χ3n) is 2.61. The molecular formula is C12H14BrNS. The zero-order chi connectivity index (χ0) is 11.0. The summed E-state index contributed by atoms with van der Waals surface area (Å²) in [6.45, 7) is 4.39. The Balaban J connectivity index is 2.76. The normalized spacial score (nSPS) is 11.5. The van der Waals surface area contributed by atoms with Crippen molar-refractivity contribution in [2.45, 2.75) is 25.6 Å². The lowest BCUT2D eigenvalue weighted by Gasteiger charge is -2.08. The first kappa shape index (κ1) is 11.1. The van der Waals surface area contributed by atoms with E-state index in [4.69, 9.17) is 0 Å². The van der Waals surface area contributed by atoms with Crippen molar-refractivity contribution in [3.05, 3.63) is 34.4 Å². The van der Waals surface area contributed by atoms with E-state index in [1.807, 2.05) is 0 Å². The third-order valence-corrected chi connectivity index (χ3v) is 3.44. The van der Waals surface area contributed by atoms with Gasteiger partial charge in [-0.05, 0) is 31.5 Å². The highest BCUT2D eigenvalue weighted by molar-refractivity contribution is 9.10. The van der Waals surface area contributed by atoms with Crippen molar-refractivity contribution in [1.82, 2.24) is 4.57 Å². The molecule has 0 N–H and O–H groups in total. The number of halogens is 1. The summed E-state index contributed by atoms with van der Waals surface area (Å²) in [6.07, 6.45) is 2.20. The van der Waals surface area contributed by atoms with Crippen LogP contribution in [0.1, 0.15) is 25.5 Å². The second-order valence-electron chi connectivity index (χ2n) is 3.97. The Morgan fingerprint density at radius 2 is 2.13 bits per heavy atom. The first-order valence-electron chi connectivity index (χ1n) is 5.03. The highest BCUT2D eigenvalue weighted by Crippen LogP contribution is 2.28. The Kier molecular flexibility index (Phi) is 3.12. The largest absolute Gasteiger partial charge is 0.345 e. The van der Waals surface area contributed by atoms with Gasteiger partial charge in [0.25, 0.3) is 0 Å². The molecule has 0 bridgehead atoms. The molecule has 2 aromatic rings. The molecule has 2 rings (SSSR count). The van der Waals surface area contributed by atoms with Crippen molar-refractivity contribution < 1.29 is 0 Å². The van der Waals surface area contributed by atoms with Crippen molar-refractivity contribution >= 4 is 39.5 Å². The number of fused-ring (bicyclic) bond motifs is 1. The van der Waals surface area contributed by atoms with Gasteiger partial charge in [0, 0.05) is 33.4 Å². The van der Waals surface area contributed by atoms with Gasteiger partial charge in [-0.2, -0.15) is 12.6 Å². The predicted molar refractivity (Wildman–Crippen MR) is 72.7 cm³/mol. The maximum atomic E-state index is 4.37. The molecule has 0 radical (unpaired) electrons. The minimum absolute atomic E-state index is 0.482. The summed E-state index contributed by atoms with van der Waals surface area (Å²) in [5.74, 6) is 0.790. The molecule has 0 fully saturated rings. The number of benzene rings is 1. The number of thiol groups is 1. The summed E-state index contributed by atoms with van der Waals surface area (Å²) in [5.41, 5.74) is 2.58. The summed E-state index contributed by atoms with van der Waals surface area (Å²) < 4.78 is 3.42. The summed E-state index contributed by atoms with van der Waals surface area (Å²) in [5, 5.41) is 1.31. The van der Waals surface area contributed by atoms with E-state index in [0.29, 0.717) is 6.04 Å². The lowest BCUT2D eigenvalue weighted by atomic mass is 10.2. The van der Waals surface area contributed by atoms with Gasteiger partial charge >= 0.3 is 0 Å². The average Bonchev–Trinajstić information content (AvgIpc) is 2.55. The smallest absolute Gasteiger partial charge is 0.0497 e. The van der Waals surface area contributed by atoms with E-state index in [0.717, 1.165) is 10.2 Å². The van der Waals surface area contributed by atoms with Crippen LogP contribution in [0.5, 0.6) is 0 Å². The van der Waals surface area contributed by atoms with Crippen molar-refractivity contribution in [1.29, 1.82) is 0 Å². The van der Waals surface area contributed by atoms with Gasteiger partial charge in [0.2, 0.25) is 0 Å². The van der Waals surface area contributed by atoms with Crippen molar-refractivity contribution in [2.75, 3.05) is 0 Å². The predicted octanol–water partition coefficient (Wildman–Crippen LogP) is 4.41.